The second-order valence-corrected chi connectivity index (χ2v) is 6.56. The zero-order valence-electron chi connectivity index (χ0n) is 14.2. The van der Waals surface area contributed by atoms with Crippen molar-refractivity contribution in [1.82, 2.24) is 20.2 Å². The molecule has 0 saturated carbocycles. The van der Waals surface area contributed by atoms with Gasteiger partial charge in [-0.2, -0.15) is 0 Å². The van der Waals surface area contributed by atoms with E-state index in [0.717, 1.165) is 11.1 Å². The lowest BCUT2D eigenvalue weighted by atomic mass is 9.73. The van der Waals surface area contributed by atoms with Gasteiger partial charge >= 0.3 is 0 Å². The van der Waals surface area contributed by atoms with Crippen LogP contribution in [0.15, 0.2) is 36.9 Å². The number of guanidine groups is 1. The minimum Gasteiger partial charge on any atom is -0.379 e. The molecule has 26 heavy (non-hydrogen) atoms. The Morgan fingerprint density at radius 3 is 2.88 bits per heavy atom. The zero-order chi connectivity index (χ0) is 18.3. The van der Waals surface area contributed by atoms with Crippen LogP contribution in [0.25, 0.3) is 11.1 Å². The molecule has 4 rings (SSSR count). The third-order valence-electron chi connectivity index (χ3n) is 5.12. The van der Waals surface area contributed by atoms with Crippen molar-refractivity contribution >= 4 is 11.9 Å². The standard InChI is InChI=1S/C18H18FN5O2/c1-24-16(25)13-4-5-26-9-18(13,23-17(24)20)14-6-11(2-3-15(14)19)12-7-21-10-22-8-12/h2-3,6-8,10,13H,4-5,9H2,1H3,(H2,20,23). The molecule has 1 aromatic carbocycles. The van der Waals surface area contributed by atoms with Crippen LogP contribution in [0.1, 0.15) is 12.0 Å². The number of ether oxygens (including phenoxy) is 1. The van der Waals surface area contributed by atoms with Gasteiger partial charge in [0.05, 0.1) is 12.5 Å². The molecule has 0 spiro atoms. The Morgan fingerprint density at radius 2 is 2.12 bits per heavy atom. The monoisotopic (exact) mass is 355 g/mol. The van der Waals surface area contributed by atoms with E-state index < -0.39 is 17.3 Å². The highest BCUT2D eigenvalue weighted by Crippen LogP contribution is 2.41. The van der Waals surface area contributed by atoms with Gasteiger partial charge < -0.3 is 10.1 Å². The highest BCUT2D eigenvalue weighted by Gasteiger charge is 2.53. The van der Waals surface area contributed by atoms with Crippen molar-refractivity contribution in [1.29, 1.82) is 5.41 Å². The maximum atomic E-state index is 14.9. The quantitative estimate of drug-likeness (QED) is 0.852. The van der Waals surface area contributed by atoms with Gasteiger partial charge in [-0.15, -0.1) is 0 Å². The van der Waals surface area contributed by atoms with Crippen molar-refractivity contribution in [2.75, 3.05) is 20.3 Å². The summed E-state index contributed by atoms with van der Waals surface area (Å²) in [5, 5.41) is 11.1. The van der Waals surface area contributed by atoms with Gasteiger partial charge in [0.2, 0.25) is 5.91 Å². The maximum Gasteiger partial charge on any atom is 0.235 e. The summed E-state index contributed by atoms with van der Waals surface area (Å²) >= 11 is 0. The molecule has 2 aliphatic heterocycles. The number of carbonyl (C=O) groups is 1. The molecule has 2 atom stereocenters. The van der Waals surface area contributed by atoms with E-state index in [1.54, 1.807) is 31.6 Å². The normalized spacial score (nSPS) is 25.6. The number of hydrogen-bond acceptors (Lipinski definition) is 5. The summed E-state index contributed by atoms with van der Waals surface area (Å²) < 4.78 is 20.5. The highest BCUT2D eigenvalue weighted by atomic mass is 19.1. The number of benzene rings is 1. The number of nitrogens with zero attached hydrogens (tertiary/aromatic N) is 3. The Morgan fingerprint density at radius 1 is 1.35 bits per heavy atom. The third-order valence-corrected chi connectivity index (χ3v) is 5.12. The predicted octanol–water partition coefficient (Wildman–Crippen LogP) is 1.51. The van der Waals surface area contributed by atoms with Gasteiger partial charge in [-0.05, 0) is 24.1 Å². The molecular formula is C18H18FN5O2. The Balaban J connectivity index is 1.86. The molecule has 0 bridgehead atoms. The topological polar surface area (TPSA) is 91.2 Å². The van der Waals surface area contributed by atoms with E-state index in [1.807, 2.05) is 0 Å². The first-order valence-corrected chi connectivity index (χ1v) is 8.30. The fraction of sp³-hybridized carbons (Fsp3) is 0.333. The van der Waals surface area contributed by atoms with Crippen LogP contribution < -0.4 is 5.32 Å². The number of nitrogens with one attached hydrogen (secondary N) is 2. The number of rotatable bonds is 2. The van der Waals surface area contributed by atoms with Gasteiger partial charge in [-0.25, -0.2) is 14.4 Å². The van der Waals surface area contributed by atoms with Crippen LogP contribution in [0.3, 0.4) is 0 Å². The predicted molar refractivity (Wildman–Crippen MR) is 91.7 cm³/mol. The maximum absolute atomic E-state index is 14.9. The minimum atomic E-state index is -1.10. The number of carbonyl (C=O) groups excluding carboxylic acids is 1. The highest BCUT2D eigenvalue weighted by molar-refractivity contribution is 6.00. The average molecular weight is 355 g/mol. The fourth-order valence-corrected chi connectivity index (χ4v) is 3.71. The van der Waals surface area contributed by atoms with Gasteiger partial charge in [0.15, 0.2) is 5.96 Å². The van der Waals surface area contributed by atoms with Crippen molar-refractivity contribution in [3.63, 3.8) is 0 Å². The summed E-state index contributed by atoms with van der Waals surface area (Å²) in [4.78, 5) is 22.0. The molecule has 2 aromatic rings. The van der Waals surface area contributed by atoms with Crippen LogP contribution in [-0.4, -0.2) is 47.0 Å². The van der Waals surface area contributed by atoms with Crippen LogP contribution >= 0.6 is 0 Å². The number of halogens is 1. The first-order chi connectivity index (χ1) is 12.5. The molecule has 2 N–H and O–H groups in total. The van der Waals surface area contributed by atoms with E-state index in [4.69, 9.17) is 10.1 Å². The molecule has 1 amide bonds. The second-order valence-electron chi connectivity index (χ2n) is 6.56. The largest absolute Gasteiger partial charge is 0.379 e. The van der Waals surface area contributed by atoms with E-state index in [1.165, 1.54) is 17.3 Å². The first kappa shape index (κ1) is 16.6. The molecule has 134 valence electrons. The van der Waals surface area contributed by atoms with Gasteiger partial charge in [-0.1, -0.05) is 6.07 Å². The molecule has 1 aromatic heterocycles. The first-order valence-electron chi connectivity index (χ1n) is 8.30. The number of fused-ring (bicyclic) bond motifs is 1. The Bertz CT molecular complexity index is 875. The van der Waals surface area contributed by atoms with E-state index in [-0.39, 0.29) is 18.5 Å². The van der Waals surface area contributed by atoms with Crippen molar-refractivity contribution in [2.45, 2.75) is 12.0 Å². The molecular weight excluding hydrogens is 337 g/mol. The van der Waals surface area contributed by atoms with Crippen molar-refractivity contribution < 1.29 is 13.9 Å². The van der Waals surface area contributed by atoms with Crippen LogP contribution in [-0.2, 0) is 15.1 Å². The second kappa shape index (κ2) is 6.14. The average Bonchev–Trinajstić information content (AvgIpc) is 2.67. The fourth-order valence-electron chi connectivity index (χ4n) is 3.71. The van der Waals surface area contributed by atoms with Crippen LogP contribution in [0.5, 0.6) is 0 Å². The lowest BCUT2D eigenvalue weighted by Crippen LogP contribution is -2.68. The Kier molecular flexibility index (Phi) is 3.91. The van der Waals surface area contributed by atoms with Gasteiger partial charge in [0, 0.05) is 37.2 Å². The molecule has 2 saturated heterocycles. The molecule has 2 aliphatic rings. The lowest BCUT2D eigenvalue weighted by molar-refractivity contribution is -0.143. The smallest absolute Gasteiger partial charge is 0.235 e. The number of aromatic nitrogens is 2. The van der Waals surface area contributed by atoms with Crippen LogP contribution in [0, 0.1) is 17.1 Å². The van der Waals surface area contributed by atoms with E-state index in [9.17, 15) is 9.18 Å². The summed E-state index contributed by atoms with van der Waals surface area (Å²) in [6, 6.07) is 4.70. The van der Waals surface area contributed by atoms with E-state index >= 15 is 0 Å². The summed E-state index contributed by atoms with van der Waals surface area (Å²) in [6.45, 7) is 0.542. The summed E-state index contributed by atoms with van der Waals surface area (Å²) in [5.74, 6) is -1.22. The molecule has 8 heteroatoms. The van der Waals surface area contributed by atoms with Gasteiger partial charge in [0.1, 0.15) is 17.7 Å². The molecule has 0 aliphatic carbocycles. The Labute approximate surface area is 149 Å². The van der Waals surface area contributed by atoms with Gasteiger partial charge in [0.25, 0.3) is 0 Å². The third kappa shape index (κ3) is 2.45. The minimum absolute atomic E-state index is 0.0652. The van der Waals surface area contributed by atoms with Crippen LogP contribution in [0.2, 0.25) is 0 Å². The molecule has 3 heterocycles. The van der Waals surface area contributed by atoms with E-state index in [0.29, 0.717) is 18.6 Å². The van der Waals surface area contributed by atoms with Crippen molar-refractivity contribution in [2.24, 2.45) is 5.92 Å². The number of amides is 1. The zero-order valence-corrected chi connectivity index (χ0v) is 14.2. The summed E-state index contributed by atoms with van der Waals surface area (Å²) in [5.41, 5.74) is 0.692. The molecule has 2 unspecified atom stereocenters. The molecule has 2 fully saturated rings. The lowest BCUT2D eigenvalue weighted by Gasteiger charge is -2.49. The van der Waals surface area contributed by atoms with Crippen molar-refractivity contribution in [3.8, 4) is 11.1 Å². The summed E-state index contributed by atoms with van der Waals surface area (Å²) in [7, 11) is 1.55. The van der Waals surface area contributed by atoms with Gasteiger partial charge in [-0.3, -0.25) is 15.1 Å². The summed E-state index contributed by atoms with van der Waals surface area (Å²) in [6.07, 6.45) is 5.18. The molecule has 7 nitrogen and oxygen atoms in total. The number of hydrogen-bond donors (Lipinski definition) is 2. The SMILES string of the molecule is CN1C(=N)NC2(c3cc(-c4cncnc4)ccc3F)COCCC2C1=O. The molecule has 0 radical (unpaired) electrons. The Hall–Kier alpha value is -2.87. The van der Waals surface area contributed by atoms with Crippen LogP contribution in [0.4, 0.5) is 4.39 Å². The van der Waals surface area contributed by atoms with Crippen molar-refractivity contribution in [3.05, 3.63) is 48.3 Å². The van der Waals surface area contributed by atoms with E-state index in [2.05, 4.69) is 15.3 Å².